The van der Waals surface area contributed by atoms with Gasteiger partial charge in [-0.05, 0) is 0 Å². The summed E-state index contributed by atoms with van der Waals surface area (Å²) in [6.07, 6.45) is 3.98. The van der Waals surface area contributed by atoms with E-state index in [2.05, 4.69) is 14.4 Å². The number of urea groups is 1. The molecule has 3 rings (SSSR count). The average Bonchev–Trinajstić information content (AvgIpc) is 2.83. The molecule has 1 unspecified atom stereocenters. The predicted octanol–water partition coefficient (Wildman–Crippen LogP) is 0.0175. The van der Waals surface area contributed by atoms with Crippen LogP contribution >= 0.6 is 0 Å². The van der Waals surface area contributed by atoms with Crippen LogP contribution in [0.5, 0.6) is 0 Å². The van der Waals surface area contributed by atoms with Gasteiger partial charge in [0.25, 0.3) is 0 Å². The molecule has 4 nitrogen and oxygen atoms in total. The van der Waals surface area contributed by atoms with Crippen molar-refractivity contribution in [3.63, 3.8) is 0 Å². The number of halogens is 1. The molecule has 1 aromatic carbocycles. The van der Waals surface area contributed by atoms with Crippen molar-refractivity contribution in [2.45, 2.75) is 23.9 Å². The minimum atomic E-state index is -0.249. The number of hydrogen-bond donors (Lipinski definition) is 1. The van der Waals surface area contributed by atoms with Crippen molar-refractivity contribution in [1.82, 2.24) is 10.2 Å². The van der Waals surface area contributed by atoms with Gasteiger partial charge in [-0.2, -0.15) is 0 Å². The van der Waals surface area contributed by atoms with Crippen LogP contribution in [-0.2, 0) is 0 Å². The quantitative estimate of drug-likeness (QED) is 0.439. The molecule has 2 aliphatic heterocycles. The second-order valence-electron chi connectivity index (χ2n) is 4.90. The fourth-order valence-corrected chi connectivity index (χ4v) is 4.73. The van der Waals surface area contributed by atoms with E-state index in [1.165, 1.54) is 0 Å². The number of carbonyl (C=O) groups excluding carboxylic acids is 1. The molecule has 2 aliphatic rings. The fourth-order valence-electron chi connectivity index (χ4n) is 2.45. The number of allylic oxidation sites excluding steroid dienone is 2. The Kier molecular flexibility index (Phi) is 4.10. The molecule has 0 bridgehead atoms. The zero-order chi connectivity index (χ0) is 14.8. The fraction of sp³-hybridized carbons (Fsp3) is 0.250. The summed E-state index contributed by atoms with van der Waals surface area (Å²) in [5.41, 5.74) is 2.09. The first-order valence-electron chi connectivity index (χ1n) is 6.89. The summed E-state index contributed by atoms with van der Waals surface area (Å²) >= 11 is -0.249. The van der Waals surface area contributed by atoms with Crippen molar-refractivity contribution < 1.29 is 26.0 Å². The van der Waals surface area contributed by atoms with E-state index in [4.69, 9.17) is 0 Å². The van der Waals surface area contributed by atoms with Crippen molar-refractivity contribution in [2.24, 2.45) is 4.99 Å². The van der Waals surface area contributed by atoms with E-state index in [9.17, 15) is 4.79 Å². The molecule has 1 fully saturated rings. The predicted molar refractivity (Wildman–Crippen MR) is 79.3 cm³/mol. The standard InChI is InChI=1S/C16H17IN3O/c1-3-7-13-10-17-14-15(18-13)20(16(21)19-14)11(2)12-8-5-4-6-9-12/h3-11,14H,1-2H3,(H,19,21)/q-1/b7-3+/t11-,14?/m0/s1. The molecule has 2 heterocycles. The molecular weight excluding hydrogens is 377 g/mol. The second-order valence-corrected chi connectivity index (χ2v) is 7.49. The van der Waals surface area contributed by atoms with Gasteiger partial charge in [-0.3, -0.25) is 0 Å². The van der Waals surface area contributed by atoms with Gasteiger partial charge in [0.15, 0.2) is 0 Å². The van der Waals surface area contributed by atoms with Crippen molar-refractivity contribution in [3.8, 4) is 0 Å². The summed E-state index contributed by atoms with van der Waals surface area (Å²) in [4.78, 5) is 18.8. The molecule has 1 saturated heterocycles. The van der Waals surface area contributed by atoms with Gasteiger partial charge >= 0.3 is 135 Å². The van der Waals surface area contributed by atoms with Crippen LogP contribution < -0.4 is 26.5 Å². The first-order chi connectivity index (χ1) is 10.2. The molecule has 1 N–H and O–H groups in total. The number of hydrogen-bond acceptors (Lipinski definition) is 2. The van der Waals surface area contributed by atoms with Crippen LogP contribution in [0.1, 0.15) is 25.5 Å². The molecule has 0 aromatic heterocycles. The molecule has 0 aliphatic carbocycles. The van der Waals surface area contributed by atoms with E-state index in [-0.39, 0.29) is 37.3 Å². The molecule has 1 aromatic rings. The van der Waals surface area contributed by atoms with Gasteiger partial charge in [0.05, 0.1) is 0 Å². The number of amidine groups is 1. The number of nitrogens with zero attached hydrogens (tertiary/aromatic N) is 2. The maximum absolute atomic E-state index is 12.3. The Morgan fingerprint density at radius 2 is 2.14 bits per heavy atom. The Hall–Kier alpha value is -1.63. The van der Waals surface area contributed by atoms with Crippen molar-refractivity contribution >= 4 is 11.9 Å². The van der Waals surface area contributed by atoms with Crippen LogP contribution in [0.4, 0.5) is 4.79 Å². The Morgan fingerprint density at radius 1 is 1.38 bits per heavy atom. The second kappa shape index (κ2) is 6.01. The topological polar surface area (TPSA) is 44.7 Å². The van der Waals surface area contributed by atoms with E-state index in [1.807, 2.05) is 56.3 Å². The summed E-state index contributed by atoms with van der Waals surface area (Å²) in [5.74, 6) is 0.875. The number of amides is 2. The zero-order valence-corrected chi connectivity index (χ0v) is 14.1. The van der Waals surface area contributed by atoms with Gasteiger partial charge in [-0.15, -0.1) is 0 Å². The third-order valence-electron chi connectivity index (χ3n) is 3.49. The Morgan fingerprint density at radius 3 is 2.86 bits per heavy atom. The molecule has 0 spiro atoms. The van der Waals surface area contributed by atoms with E-state index in [0.717, 1.165) is 17.1 Å². The van der Waals surface area contributed by atoms with E-state index >= 15 is 0 Å². The van der Waals surface area contributed by atoms with Crippen molar-refractivity contribution in [2.75, 3.05) is 0 Å². The van der Waals surface area contributed by atoms with Crippen LogP contribution in [0.15, 0.2) is 57.3 Å². The Bertz CT molecular complexity index is 636. The van der Waals surface area contributed by atoms with Crippen LogP contribution in [-0.4, -0.2) is 20.8 Å². The normalized spacial score (nSPS) is 23.0. The number of nitrogens with one attached hydrogen (secondary N) is 1. The van der Waals surface area contributed by atoms with Gasteiger partial charge in [-0.1, -0.05) is 0 Å². The molecule has 21 heavy (non-hydrogen) atoms. The number of rotatable bonds is 3. The monoisotopic (exact) mass is 394 g/mol. The first-order valence-corrected chi connectivity index (χ1v) is 9.38. The van der Waals surface area contributed by atoms with E-state index in [0.29, 0.717) is 0 Å². The van der Waals surface area contributed by atoms with Crippen LogP contribution in [0.3, 0.4) is 0 Å². The van der Waals surface area contributed by atoms with Crippen LogP contribution in [0.25, 0.3) is 0 Å². The number of alkyl halides is 1. The number of benzene rings is 1. The Balaban J connectivity index is 1.94. The van der Waals surface area contributed by atoms with Crippen LogP contribution in [0.2, 0.25) is 0 Å². The number of carbonyl (C=O) groups is 1. The first kappa shape index (κ1) is 14.3. The molecule has 110 valence electrons. The molecule has 0 saturated carbocycles. The number of aliphatic imine (C=N–C) groups is 1. The maximum atomic E-state index is 12.3. The summed E-state index contributed by atoms with van der Waals surface area (Å²) in [7, 11) is 0. The zero-order valence-electron chi connectivity index (χ0n) is 12.0. The Labute approximate surface area is 134 Å². The van der Waals surface area contributed by atoms with Gasteiger partial charge < -0.3 is 0 Å². The summed E-state index contributed by atoms with van der Waals surface area (Å²) in [5, 5.41) is 3.06. The minimum absolute atomic E-state index is 0.0103. The van der Waals surface area contributed by atoms with Gasteiger partial charge in [-0.25, -0.2) is 0 Å². The summed E-state index contributed by atoms with van der Waals surface area (Å²) in [6.45, 7) is 4.03. The molecule has 2 amide bonds. The van der Waals surface area contributed by atoms with E-state index in [1.54, 1.807) is 4.90 Å². The third-order valence-corrected chi connectivity index (χ3v) is 6.08. The molecular formula is C16H17IN3O-. The summed E-state index contributed by atoms with van der Waals surface area (Å²) < 4.78 is 2.28. The van der Waals surface area contributed by atoms with Crippen molar-refractivity contribution in [3.05, 3.63) is 57.8 Å². The SMILES string of the molecule is C/C=C/C1=C[I-]C2NC(=O)N([C@@H](C)c3ccccc3)C2=N1. The molecule has 2 atom stereocenters. The van der Waals surface area contributed by atoms with Crippen molar-refractivity contribution in [1.29, 1.82) is 0 Å². The molecule has 5 heteroatoms. The third kappa shape index (κ3) is 2.74. The summed E-state index contributed by atoms with van der Waals surface area (Å²) in [6, 6.07) is 10.0. The molecule has 0 radical (unpaired) electrons. The number of fused-ring (bicyclic) bond motifs is 1. The van der Waals surface area contributed by atoms with Gasteiger partial charge in [0.2, 0.25) is 0 Å². The van der Waals surface area contributed by atoms with Gasteiger partial charge in [0, 0.05) is 0 Å². The van der Waals surface area contributed by atoms with E-state index < -0.39 is 0 Å². The van der Waals surface area contributed by atoms with Gasteiger partial charge in [0.1, 0.15) is 0 Å². The van der Waals surface area contributed by atoms with Crippen LogP contribution in [0, 0.1) is 0 Å². The average molecular weight is 394 g/mol.